The number of carbonyl (C=O) groups excluding carboxylic acids is 1. The molecule has 1 amide bonds. The summed E-state index contributed by atoms with van der Waals surface area (Å²) < 4.78 is 12.5. The zero-order valence-corrected chi connectivity index (χ0v) is 19.8. The number of para-hydroxylation sites is 2. The maximum atomic E-state index is 13.5. The summed E-state index contributed by atoms with van der Waals surface area (Å²) in [5.74, 6) is 0.632. The Labute approximate surface area is 195 Å². The number of anilines is 1. The number of nitrogens with zero attached hydrogens (tertiary/aromatic N) is 3. The predicted molar refractivity (Wildman–Crippen MR) is 129 cm³/mol. The third-order valence-electron chi connectivity index (χ3n) is 4.62. The van der Waals surface area contributed by atoms with E-state index >= 15 is 0 Å². The minimum absolute atomic E-state index is 0. The summed E-state index contributed by atoms with van der Waals surface area (Å²) >= 11 is 7.74. The monoisotopic (exact) mass is 479 g/mol. The second-order valence-corrected chi connectivity index (χ2v) is 8.48. The molecule has 31 heavy (non-hydrogen) atoms. The van der Waals surface area contributed by atoms with Gasteiger partial charge in [0.1, 0.15) is 5.52 Å². The molecule has 6 nitrogen and oxygen atoms in total. The van der Waals surface area contributed by atoms with E-state index in [2.05, 4.69) is 4.98 Å². The van der Waals surface area contributed by atoms with Crippen molar-refractivity contribution >= 4 is 67.6 Å². The van der Waals surface area contributed by atoms with Gasteiger partial charge in [-0.2, -0.15) is 0 Å². The van der Waals surface area contributed by atoms with E-state index in [1.165, 1.54) is 11.3 Å². The van der Waals surface area contributed by atoms with Crippen molar-refractivity contribution in [2.24, 2.45) is 0 Å². The van der Waals surface area contributed by atoms with Crippen molar-refractivity contribution in [1.82, 2.24) is 9.88 Å². The average molecular weight is 480 g/mol. The minimum atomic E-state index is -0.245. The molecule has 2 aromatic heterocycles. The zero-order valence-electron chi connectivity index (χ0n) is 17.4. The Balaban J connectivity index is 0.00000272. The quantitative estimate of drug-likeness (QED) is 0.338. The van der Waals surface area contributed by atoms with Crippen LogP contribution in [0, 0.1) is 0 Å². The molecular weight excluding hydrogens is 457 g/mol. The van der Waals surface area contributed by atoms with Crippen LogP contribution in [0.5, 0.6) is 5.75 Å². The molecule has 0 spiro atoms. The summed E-state index contributed by atoms with van der Waals surface area (Å²) in [5.41, 5.74) is 1.27. The first kappa shape index (κ1) is 23.3. The fraction of sp³-hybridized carbons (Fsp3) is 0.273. The van der Waals surface area contributed by atoms with Crippen molar-refractivity contribution < 1.29 is 13.9 Å². The van der Waals surface area contributed by atoms with E-state index < -0.39 is 0 Å². The van der Waals surface area contributed by atoms with E-state index in [-0.39, 0.29) is 24.1 Å². The molecular formula is C22H23Cl2N3O3S. The van der Waals surface area contributed by atoms with Crippen molar-refractivity contribution in [2.45, 2.75) is 6.92 Å². The molecule has 0 saturated heterocycles. The Hall–Kier alpha value is -2.32. The van der Waals surface area contributed by atoms with E-state index in [1.54, 1.807) is 17.0 Å². The van der Waals surface area contributed by atoms with Gasteiger partial charge >= 0.3 is 0 Å². The summed E-state index contributed by atoms with van der Waals surface area (Å²) in [6.45, 7) is 3.58. The highest BCUT2D eigenvalue weighted by atomic mass is 35.5. The lowest BCUT2D eigenvalue weighted by Crippen LogP contribution is -2.36. The summed E-state index contributed by atoms with van der Waals surface area (Å²) in [6, 6.07) is 13.0. The smallest absolute Gasteiger partial charge is 0.295 e. The van der Waals surface area contributed by atoms with Gasteiger partial charge in [-0.3, -0.25) is 9.69 Å². The van der Waals surface area contributed by atoms with E-state index in [1.807, 2.05) is 56.3 Å². The molecule has 0 unspecified atom stereocenters. The first-order valence-electron chi connectivity index (χ1n) is 9.65. The molecule has 0 saturated carbocycles. The number of fused-ring (bicyclic) bond motifs is 2. The molecule has 0 fully saturated rings. The van der Waals surface area contributed by atoms with Crippen molar-refractivity contribution in [3.63, 3.8) is 0 Å². The van der Waals surface area contributed by atoms with Crippen LogP contribution in [0.15, 0.2) is 46.9 Å². The van der Waals surface area contributed by atoms with Gasteiger partial charge in [-0.1, -0.05) is 41.1 Å². The Bertz CT molecular complexity index is 1210. The van der Waals surface area contributed by atoms with E-state index in [9.17, 15) is 4.79 Å². The zero-order chi connectivity index (χ0) is 21.3. The van der Waals surface area contributed by atoms with Gasteiger partial charge in [-0.05, 0) is 45.3 Å². The Morgan fingerprint density at radius 2 is 1.97 bits per heavy atom. The first-order valence-corrected chi connectivity index (χ1v) is 10.8. The second-order valence-electron chi connectivity index (χ2n) is 7.06. The van der Waals surface area contributed by atoms with E-state index in [4.69, 9.17) is 20.8 Å². The Morgan fingerprint density at radius 3 is 2.68 bits per heavy atom. The third-order valence-corrected chi connectivity index (χ3v) is 5.97. The summed E-state index contributed by atoms with van der Waals surface area (Å²) in [5, 5.41) is 1.99. The van der Waals surface area contributed by atoms with Gasteiger partial charge < -0.3 is 14.1 Å². The lowest BCUT2D eigenvalue weighted by atomic mass is 10.2. The fourth-order valence-electron chi connectivity index (χ4n) is 3.15. The maximum Gasteiger partial charge on any atom is 0.295 e. The van der Waals surface area contributed by atoms with Crippen LogP contribution in [-0.2, 0) is 0 Å². The standard InChI is InChI=1S/C22H22ClN3O3S.ClH/c1-4-28-16-9-5-7-14-13-17(29-20(14)16)21(27)26(12-11-25(2)3)22-24-19-15(23)8-6-10-18(19)30-22;/h5-10,13H,4,11-12H2,1-3H3;1H. The van der Waals surface area contributed by atoms with Gasteiger partial charge in [-0.15, -0.1) is 12.4 Å². The van der Waals surface area contributed by atoms with Crippen LogP contribution in [0.1, 0.15) is 17.5 Å². The molecule has 0 aliphatic heterocycles. The summed E-state index contributed by atoms with van der Waals surface area (Å²) in [7, 11) is 3.93. The normalized spacial score (nSPS) is 11.1. The van der Waals surface area contributed by atoms with Crippen LogP contribution in [0.25, 0.3) is 21.2 Å². The molecule has 2 heterocycles. The number of ether oxygens (including phenoxy) is 1. The van der Waals surface area contributed by atoms with Crippen molar-refractivity contribution in [3.05, 3.63) is 53.2 Å². The van der Waals surface area contributed by atoms with Crippen LogP contribution in [0.4, 0.5) is 5.13 Å². The van der Waals surface area contributed by atoms with Crippen LogP contribution in [-0.4, -0.2) is 49.6 Å². The number of benzene rings is 2. The molecule has 0 atom stereocenters. The topological polar surface area (TPSA) is 58.8 Å². The summed E-state index contributed by atoms with van der Waals surface area (Å²) in [6.07, 6.45) is 0. The number of carbonyl (C=O) groups is 1. The third kappa shape index (κ3) is 4.80. The molecule has 0 aliphatic rings. The second kappa shape index (κ2) is 9.87. The van der Waals surface area contributed by atoms with Crippen LogP contribution in [0.2, 0.25) is 5.02 Å². The molecule has 2 aromatic carbocycles. The molecule has 4 aromatic rings. The van der Waals surface area contributed by atoms with Crippen LogP contribution < -0.4 is 9.64 Å². The van der Waals surface area contributed by atoms with Crippen LogP contribution in [0.3, 0.4) is 0 Å². The van der Waals surface area contributed by atoms with Gasteiger partial charge in [0.05, 0.1) is 16.3 Å². The number of aromatic nitrogens is 1. The van der Waals surface area contributed by atoms with E-state index in [0.717, 1.165) is 10.1 Å². The molecule has 0 aliphatic carbocycles. The SMILES string of the molecule is CCOc1cccc2cc(C(=O)N(CCN(C)C)c3nc4c(Cl)cccc4s3)oc12.Cl. The van der Waals surface area contributed by atoms with E-state index in [0.29, 0.717) is 46.7 Å². The highest BCUT2D eigenvalue weighted by molar-refractivity contribution is 7.22. The largest absolute Gasteiger partial charge is 0.490 e. The lowest BCUT2D eigenvalue weighted by molar-refractivity contribution is 0.0960. The molecule has 0 radical (unpaired) electrons. The first-order chi connectivity index (χ1) is 14.5. The molecule has 4 rings (SSSR count). The van der Waals surface area contributed by atoms with Crippen molar-refractivity contribution in [1.29, 1.82) is 0 Å². The van der Waals surface area contributed by atoms with Gasteiger partial charge in [0, 0.05) is 18.5 Å². The number of halogens is 2. The summed E-state index contributed by atoms with van der Waals surface area (Å²) in [4.78, 5) is 21.8. The number of amides is 1. The molecule has 164 valence electrons. The number of hydrogen-bond donors (Lipinski definition) is 0. The Kier molecular flexibility index (Phi) is 7.43. The van der Waals surface area contributed by atoms with Crippen molar-refractivity contribution in [3.8, 4) is 5.75 Å². The van der Waals surface area contributed by atoms with Crippen LogP contribution >= 0.6 is 35.3 Å². The lowest BCUT2D eigenvalue weighted by Gasteiger charge is -2.20. The molecule has 0 bridgehead atoms. The maximum absolute atomic E-state index is 13.5. The molecule has 0 N–H and O–H groups in total. The number of likely N-dealkylation sites (N-methyl/N-ethyl adjacent to an activating group) is 1. The molecule has 9 heteroatoms. The highest BCUT2D eigenvalue weighted by Crippen LogP contribution is 2.34. The highest BCUT2D eigenvalue weighted by Gasteiger charge is 2.25. The van der Waals surface area contributed by atoms with Gasteiger partial charge in [0.15, 0.2) is 22.2 Å². The minimum Gasteiger partial charge on any atom is -0.490 e. The average Bonchev–Trinajstić information content (AvgIpc) is 3.34. The fourth-order valence-corrected chi connectivity index (χ4v) is 4.44. The number of furan rings is 1. The number of rotatable bonds is 7. The van der Waals surface area contributed by atoms with Gasteiger partial charge in [0.2, 0.25) is 0 Å². The van der Waals surface area contributed by atoms with Gasteiger partial charge in [0.25, 0.3) is 5.91 Å². The number of thiazole rings is 1. The predicted octanol–water partition coefficient (Wildman–Crippen LogP) is 5.72. The van der Waals surface area contributed by atoms with Gasteiger partial charge in [-0.25, -0.2) is 4.98 Å². The van der Waals surface area contributed by atoms with Crippen molar-refractivity contribution in [2.75, 3.05) is 38.7 Å². The Morgan fingerprint density at radius 1 is 1.19 bits per heavy atom. The number of hydrogen-bond acceptors (Lipinski definition) is 6.